The first-order valence-corrected chi connectivity index (χ1v) is 7.21. The Morgan fingerprint density at radius 3 is 2.48 bits per heavy atom. The Hall–Kier alpha value is -1.96. The van der Waals surface area contributed by atoms with E-state index in [0.29, 0.717) is 19.5 Å². The SMILES string of the molecule is CCCC(CCO)CNc1ncnc(NCC)c1[N+](=O)[O-]. The van der Waals surface area contributed by atoms with Crippen LogP contribution in [0.3, 0.4) is 0 Å². The second-order valence-corrected chi connectivity index (χ2v) is 4.75. The molecule has 3 N–H and O–H groups in total. The molecular formula is C13H23N5O3. The third kappa shape index (κ3) is 5.14. The zero-order valence-corrected chi connectivity index (χ0v) is 12.5. The van der Waals surface area contributed by atoms with Gasteiger partial charge in [0.05, 0.1) is 4.92 Å². The van der Waals surface area contributed by atoms with Crippen molar-refractivity contribution in [2.45, 2.75) is 33.1 Å². The number of hydrogen-bond acceptors (Lipinski definition) is 7. The lowest BCUT2D eigenvalue weighted by Gasteiger charge is -2.16. The number of aromatic nitrogens is 2. The summed E-state index contributed by atoms with van der Waals surface area (Å²) in [5, 5.41) is 26.1. The van der Waals surface area contributed by atoms with Gasteiger partial charge in [0, 0.05) is 19.7 Å². The van der Waals surface area contributed by atoms with Crippen molar-refractivity contribution < 1.29 is 10.0 Å². The zero-order chi connectivity index (χ0) is 15.7. The van der Waals surface area contributed by atoms with Crippen LogP contribution in [-0.4, -0.2) is 39.7 Å². The standard InChI is InChI=1S/C13H23N5O3/c1-3-5-10(6-7-19)8-15-13-11(18(20)21)12(14-4-2)16-9-17-13/h9-10,19H,3-8H2,1-2H3,(H2,14,15,16,17). The third-order valence-electron chi connectivity index (χ3n) is 3.14. The second-order valence-electron chi connectivity index (χ2n) is 4.75. The molecular weight excluding hydrogens is 274 g/mol. The van der Waals surface area contributed by atoms with Crippen molar-refractivity contribution in [2.75, 3.05) is 30.3 Å². The highest BCUT2D eigenvalue weighted by atomic mass is 16.6. The van der Waals surface area contributed by atoms with E-state index in [1.165, 1.54) is 6.33 Å². The van der Waals surface area contributed by atoms with Crippen molar-refractivity contribution in [2.24, 2.45) is 5.92 Å². The molecule has 0 saturated carbocycles. The fraction of sp³-hybridized carbons (Fsp3) is 0.692. The monoisotopic (exact) mass is 297 g/mol. The number of nitro groups is 1. The van der Waals surface area contributed by atoms with Gasteiger partial charge < -0.3 is 15.7 Å². The molecule has 0 fully saturated rings. The van der Waals surface area contributed by atoms with Crippen LogP contribution in [0.4, 0.5) is 17.3 Å². The van der Waals surface area contributed by atoms with Gasteiger partial charge in [0.25, 0.3) is 0 Å². The fourth-order valence-corrected chi connectivity index (χ4v) is 2.16. The van der Waals surface area contributed by atoms with Crippen LogP contribution in [0.2, 0.25) is 0 Å². The van der Waals surface area contributed by atoms with Crippen molar-refractivity contribution in [3.05, 3.63) is 16.4 Å². The molecule has 118 valence electrons. The molecule has 8 heteroatoms. The van der Waals surface area contributed by atoms with Gasteiger partial charge in [-0.25, -0.2) is 9.97 Å². The number of aliphatic hydroxyl groups is 1. The van der Waals surface area contributed by atoms with Gasteiger partial charge in [-0.15, -0.1) is 0 Å². The van der Waals surface area contributed by atoms with E-state index in [-0.39, 0.29) is 29.8 Å². The van der Waals surface area contributed by atoms with Crippen LogP contribution in [0.15, 0.2) is 6.33 Å². The first-order valence-electron chi connectivity index (χ1n) is 7.21. The number of hydrogen-bond donors (Lipinski definition) is 3. The zero-order valence-electron chi connectivity index (χ0n) is 12.5. The summed E-state index contributed by atoms with van der Waals surface area (Å²) in [6.45, 7) is 5.11. The minimum atomic E-state index is -0.485. The molecule has 1 aromatic heterocycles. The van der Waals surface area contributed by atoms with Crippen LogP contribution in [0.1, 0.15) is 33.1 Å². The highest BCUT2D eigenvalue weighted by molar-refractivity contribution is 5.69. The van der Waals surface area contributed by atoms with E-state index < -0.39 is 4.92 Å². The molecule has 1 heterocycles. The van der Waals surface area contributed by atoms with E-state index in [1.807, 2.05) is 6.92 Å². The number of rotatable bonds is 10. The Morgan fingerprint density at radius 2 is 1.95 bits per heavy atom. The largest absolute Gasteiger partial charge is 0.396 e. The summed E-state index contributed by atoms with van der Waals surface area (Å²) in [7, 11) is 0. The molecule has 0 aliphatic carbocycles. The summed E-state index contributed by atoms with van der Waals surface area (Å²) >= 11 is 0. The molecule has 0 spiro atoms. The lowest BCUT2D eigenvalue weighted by atomic mass is 10.0. The molecule has 0 bridgehead atoms. The molecule has 0 radical (unpaired) electrons. The quantitative estimate of drug-likeness (QED) is 0.447. The van der Waals surface area contributed by atoms with Gasteiger partial charge >= 0.3 is 5.69 Å². The first kappa shape index (κ1) is 17.1. The highest BCUT2D eigenvalue weighted by Crippen LogP contribution is 2.29. The Labute approximate surface area is 124 Å². The Bertz CT molecular complexity index is 449. The van der Waals surface area contributed by atoms with Crippen LogP contribution in [0.5, 0.6) is 0 Å². The summed E-state index contributed by atoms with van der Waals surface area (Å²) in [5.41, 5.74) is -0.140. The molecule has 8 nitrogen and oxygen atoms in total. The maximum atomic E-state index is 11.2. The van der Waals surface area contributed by atoms with Crippen LogP contribution < -0.4 is 10.6 Å². The maximum absolute atomic E-state index is 11.2. The summed E-state index contributed by atoms with van der Waals surface area (Å²) in [6.07, 6.45) is 3.92. The number of anilines is 2. The molecule has 21 heavy (non-hydrogen) atoms. The topological polar surface area (TPSA) is 113 Å². The molecule has 0 amide bonds. The number of nitrogens with one attached hydrogen (secondary N) is 2. The van der Waals surface area contributed by atoms with Gasteiger partial charge in [-0.05, 0) is 25.7 Å². The van der Waals surface area contributed by atoms with Gasteiger partial charge in [0.15, 0.2) is 0 Å². The summed E-state index contributed by atoms with van der Waals surface area (Å²) in [6, 6.07) is 0. The summed E-state index contributed by atoms with van der Waals surface area (Å²) in [4.78, 5) is 18.6. The Morgan fingerprint density at radius 1 is 1.29 bits per heavy atom. The van der Waals surface area contributed by atoms with E-state index in [9.17, 15) is 10.1 Å². The van der Waals surface area contributed by atoms with E-state index in [1.54, 1.807) is 0 Å². The average Bonchev–Trinajstić information content (AvgIpc) is 2.45. The molecule has 1 unspecified atom stereocenters. The minimum Gasteiger partial charge on any atom is -0.396 e. The normalized spacial score (nSPS) is 12.0. The molecule has 0 aromatic carbocycles. The van der Waals surface area contributed by atoms with E-state index >= 15 is 0 Å². The first-order chi connectivity index (χ1) is 10.1. The summed E-state index contributed by atoms with van der Waals surface area (Å²) < 4.78 is 0. The van der Waals surface area contributed by atoms with Crippen LogP contribution >= 0.6 is 0 Å². The number of nitrogens with zero attached hydrogens (tertiary/aromatic N) is 3. The lowest BCUT2D eigenvalue weighted by Crippen LogP contribution is -2.18. The third-order valence-corrected chi connectivity index (χ3v) is 3.14. The molecule has 0 aliphatic rings. The Balaban J connectivity index is 2.86. The Kier molecular flexibility index (Phi) is 7.38. The average molecular weight is 297 g/mol. The maximum Gasteiger partial charge on any atom is 0.353 e. The van der Waals surface area contributed by atoms with Crippen molar-refractivity contribution in [1.82, 2.24) is 9.97 Å². The second kappa shape index (κ2) is 9.06. The molecule has 1 atom stereocenters. The van der Waals surface area contributed by atoms with Crippen LogP contribution in [-0.2, 0) is 0 Å². The van der Waals surface area contributed by atoms with Gasteiger partial charge in [0.1, 0.15) is 6.33 Å². The lowest BCUT2D eigenvalue weighted by molar-refractivity contribution is -0.383. The highest BCUT2D eigenvalue weighted by Gasteiger charge is 2.22. The molecule has 1 rings (SSSR count). The van der Waals surface area contributed by atoms with Crippen molar-refractivity contribution >= 4 is 17.3 Å². The smallest absolute Gasteiger partial charge is 0.353 e. The van der Waals surface area contributed by atoms with Gasteiger partial charge in [-0.2, -0.15) is 0 Å². The molecule has 0 saturated heterocycles. The minimum absolute atomic E-state index is 0.112. The van der Waals surface area contributed by atoms with Crippen molar-refractivity contribution in [3.63, 3.8) is 0 Å². The number of aliphatic hydroxyl groups excluding tert-OH is 1. The predicted octanol–water partition coefficient (Wildman–Crippen LogP) is 2.03. The van der Waals surface area contributed by atoms with E-state index in [0.717, 1.165) is 12.8 Å². The fourth-order valence-electron chi connectivity index (χ4n) is 2.16. The predicted molar refractivity (Wildman–Crippen MR) is 81.4 cm³/mol. The van der Waals surface area contributed by atoms with Gasteiger partial charge in [0.2, 0.25) is 11.6 Å². The molecule has 0 aliphatic heterocycles. The van der Waals surface area contributed by atoms with Crippen molar-refractivity contribution in [1.29, 1.82) is 0 Å². The van der Waals surface area contributed by atoms with Gasteiger partial charge in [-0.1, -0.05) is 13.3 Å². The van der Waals surface area contributed by atoms with E-state index in [2.05, 4.69) is 27.5 Å². The van der Waals surface area contributed by atoms with Gasteiger partial charge in [-0.3, -0.25) is 10.1 Å². The van der Waals surface area contributed by atoms with Crippen LogP contribution in [0, 0.1) is 16.0 Å². The van der Waals surface area contributed by atoms with Crippen molar-refractivity contribution in [3.8, 4) is 0 Å². The van der Waals surface area contributed by atoms with E-state index in [4.69, 9.17) is 5.11 Å². The van der Waals surface area contributed by atoms with Crippen LogP contribution in [0.25, 0.3) is 0 Å². The summed E-state index contributed by atoms with van der Waals surface area (Å²) in [5.74, 6) is 0.691. The molecule has 1 aromatic rings.